The number of carbonyl (C=O) groups is 2. The third kappa shape index (κ3) is 4.96. The van der Waals surface area contributed by atoms with Crippen LogP contribution in [0.1, 0.15) is 12.1 Å². The Kier molecular flexibility index (Phi) is 5.30. The molecular formula is C15H15F3N4O3. The number of urea groups is 1. The highest BCUT2D eigenvalue weighted by molar-refractivity contribution is 5.89. The largest absolute Gasteiger partial charge is 0.481 e. The van der Waals surface area contributed by atoms with Crippen molar-refractivity contribution in [1.82, 2.24) is 14.7 Å². The topological polar surface area (TPSA) is 87.5 Å². The first-order valence-corrected chi connectivity index (χ1v) is 7.14. The lowest BCUT2D eigenvalue weighted by Crippen LogP contribution is -2.33. The van der Waals surface area contributed by atoms with Gasteiger partial charge in [0, 0.05) is 25.5 Å². The van der Waals surface area contributed by atoms with E-state index in [0.29, 0.717) is 11.4 Å². The first-order chi connectivity index (χ1) is 11.7. The second-order valence-electron chi connectivity index (χ2n) is 5.19. The summed E-state index contributed by atoms with van der Waals surface area (Å²) in [6.45, 7) is 0.0484. The summed E-state index contributed by atoms with van der Waals surface area (Å²) < 4.78 is 38.7. The van der Waals surface area contributed by atoms with Gasteiger partial charge in [-0.05, 0) is 30.3 Å². The highest BCUT2D eigenvalue weighted by atomic mass is 19.4. The van der Waals surface area contributed by atoms with Gasteiger partial charge in [0.2, 0.25) is 0 Å². The van der Waals surface area contributed by atoms with E-state index in [4.69, 9.17) is 5.11 Å². The number of anilines is 1. The molecule has 2 rings (SSSR count). The number of hydrogen-bond donors (Lipinski definition) is 2. The zero-order valence-electron chi connectivity index (χ0n) is 13.1. The summed E-state index contributed by atoms with van der Waals surface area (Å²) in [6, 6.07) is 6.39. The number of carbonyl (C=O) groups excluding carboxylic acids is 1. The van der Waals surface area contributed by atoms with Crippen LogP contribution in [-0.4, -0.2) is 45.4 Å². The molecule has 1 aromatic carbocycles. The number of benzene rings is 1. The van der Waals surface area contributed by atoms with Crippen molar-refractivity contribution in [1.29, 1.82) is 0 Å². The molecule has 1 aromatic heterocycles. The Bertz CT molecular complexity index is 756. The molecular weight excluding hydrogens is 341 g/mol. The Morgan fingerprint density at radius 3 is 2.40 bits per heavy atom. The summed E-state index contributed by atoms with van der Waals surface area (Å²) >= 11 is 0. The predicted octanol–water partition coefficient (Wildman–Crippen LogP) is 2.83. The lowest BCUT2D eigenvalue weighted by molar-refractivity contribution is -0.141. The van der Waals surface area contributed by atoms with E-state index in [1.165, 1.54) is 42.4 Å². The van der Waals surface area contributed by atoms with E-state index in [1.54, 1.807) is 0 Å². The molecule has 0 bridgehead atoms. The molecule has 10 heteroatoms. The van der Waals surface area contributed by atoms with E-state index in [-0.39, 0.29) is 13.0 Å². The third-order valence-electron chi connectivity index (χ3n) is 3.27. The molecule has 0 aliphatic carbocycles. The van der Waals surface area contributed by atoms with Gasteiger partial charge in [0.1, 0.15) is 0 Å². The van der Waals surface area contributed by atoms with Crippen molar-refractivity contribution in [3.8, 4) is 5.69 Å². The maximum absolute atomic E-state index is 12.5. The van der Waals surface area contributed by atoms with Gasteiger partial charge in [0.25, 0.3) is 0 Å². The monoisotopic (exact) mass is 356 g/mol. The van der Waals surface area contributed by atoms with Crippen LogP contribution < -0.4 is 5.32 Å². The zero-order chi connectivity index (χ0) is 18.6. The fourth-order valence-electron chi connectivity index (χ4n) is 1.90. The molecule has 0 atom stereocenters. The van der Waals surface area contributed by atoms with Gasteiger partial charge in [-0.15, -0.1) is 0 Å². The van der Waals surface area contributed by atoms with Crippen molar-refractivity contribution < 1.29 is 27.9 Å². The fourth-order valence-corrected chi connectivity index (χ4v) is 1.90. The summed E-state index contributed by atoms with van der Waals surface area (Å²) in [5.74, 6) is -1.01. The van der Waals surface area contributed by atoms with Crippen LogP contribution in [0.3, 0.4) is 0 Å². The normalized spacial score (nSPS) is 11.2. The molecule has 0 saturated heterocycles. The lowest BCUT2D eigenvalue weighted by Gasteiger charge is -2.17. The highest BCUT2D eigenvalue weighted by Gasteiger charge is 2.33. The smallest absolute Gasteiger partial charge is 0.435 e. The molecule has 0 aliphatic heterocycles. The second-order valence-corrected chi connectivity index (χ2v) is 5.19. The standard InChI is InChI=1S/C15H15F3N4O3/c1-21(8-7-13(23)24)14(25)19-10-2-4-11(5-3-10)22-9-6-12(20-22)15(16,17)18/h2-6,9H,7-8H2,1H3,(H,19,25)(H,23,24). The minimum absolute atomic E-state index is 0.0484. The van der Waals surface area contributed by atoms with Crippen LogP contribution in [0.4, 0.5) is 23.7 Å². The molecule has 0 spiro atoms. The molecule has 0 saturated carbocycles. The van der Waals surface area contributed by atoms with Crippen LogP contribution in [0.5, 0.6) is 0 Å². The van der Waals surface area contributed by atoms with Crippen molar-refractivity contribution >= 4 is 17.7 Å². The number of aromatic nitrogens is 2. The average molecular weight is 356 g/mol. The molecule has 2 N–H and O–H groups in total. The lowest BCUT2D eigenvalue weighted by atomic mass is 10.3. The maximum Gasteiger partial charge on any atom is 0.435 e. The number of nitrogens with one attached hydrogen (secondary N) is 1. The zero-order valence-corrected chi connectivity index (χ0v) is 13.1. The molecule has 7 nitrogen and oxygen atoms in total. The Hall–Kier alpha value is -3.04. The number of hydrogen-bond acceptors (Lipinski definition) is 3. The molecule has 2 aromatic rings. The van der Waals surface area contributed by atoms with Crippen LogP contribution in [0.2, 0.25) is 0 Å². The molecule has 0 fully saturated rings. The number of amides is 2. The first kappa shape index (κ1) is 18.3. The second kappa shape index (κ2) is 7.24. The number of alkyl halides is 3. The minimum Gasteiger partial charge on any atom is -0.481 e. The van der Waals surface area contributed by atoms with Crippen molar-refractivity contribution in [2.24, 2.45) is 0 Å². The number of nitrogens with zero attached hydrogens (tertiary/aromatic N) is 3. The van der Waals surface area contributed by atoms with E-state index >= 15 is 0 Å². The molecule has 0 aliphatic rings. The molecule has 0 radical (unpaired) electrons. The number of aliphatic carboxylic acids is 1. The van der Waals surface area contributed by atoms with E-state index in [1.807, 2.05) is 0 Å². The third-order valence-corrected chi connectivity index (χ3v) is 3.27. The van der Waals surface area contributed by atoms with E-state index in [2.05, 4.69) is 10.4 Å². The summed E-state index contributed by atoms with van der Waals surface area (Å²) in [7, 11) is 1.45. The molecule has 2 amide bonds. The molecule has 25 heavy (non-hydrogen) atoms. The van der Waals surface area contributed by atoms with Crippen LogP contribution in [0.25, 0.3) is 5.69 Å². The minimum atomic E-state index is -4.51. The summed E-state index contributed by atoms with van der Waals surface area (Å²) in [5, 5.41) is 14.6. The average Bonchev–Trinajstić information content (AvgIpc) is 3.03. The quantitative estimate of drug-likeness (QED) is 0.862. The SMILES string of the molecule is CN(CCC(=O)O)C(=O)Nc1ccc(-n2ccc(C(F)(F)F)n2)cc1. The molecule has 0 unspecified atom stereocenters. The highest BCUT2D eigenvalue weighted by Crippen LogP contribution is 2.28. The Labute approximate surface area is 140 Å². The Balaban J connectivity index is 2.01. The Morgan fingerprint density at radius 2 is 1.88 bits per heavy atom. The van der Waals surface area contributed by atoms with Gasteiger partial charge < -0.3 is 15.3 Å². The summed E-state index contributed by atoms with van der Waals surface area (Å²) in [6.07, 6.45) is -3.50. The molecule has 1 heterocycles. The number of carboxylic acids is 1. The van der Waals surface area contributed by atoms with Crippen LogP contribution in [0, 0.1) is 0 Å². The van der Waals surface area contributed by atoms with Crippen molar-refractivity contribution in [3.05, 3.63) is 42.2 Å². The van der Waals surface area contributed by atoms with Gasteiger partial charge in [-0.2, -0.15) is 18.3 Å². The van der Waals surface area contributed by atoms with Gasteiger partial charge in [-0.3, -0.25) is 4.79 Å². The molecule has 134 valence electrons. The van der Waals surface area contributed by atoms with Gasteiger partial charge in [0.05, 0.1) is 12.1 Å². The fraction of sp³-hybridized carbons (Fsp3) is 0.267. The van der Waals surface area contributed by atoms with E-state index < -0.39 is 23.9 Å². The van der Waals surface area contributed by atoms with Gasteiger partial charge in [0.15, 0.2) is 5.69 Å². The van der Waals surface area contributed by atoms with Crippen molar-refractivity contribution in [3.63, 3.8) is 0 Å². The summed E-state index contributed by atoms with van der Waals surface area (Å²) in [5.41, 5.74) is -0.184. The number of rotatable bonds is 5. The van der Waals surface area contributed by atoms with Gasteiger partial charge in [-0.25, -0.2) is 9.48 Å². The van der Waals surface area contributed by atoms with Gasteiger partial charge in [-0.1, -0.05) is 0 Å². The maximum atomic E-state index is 12.5. The van der Waals surface area contributed by atoms with Crippen molar-refractivity contribution in [2.45, 2.75) is 12.6 Å². The van der Waals surface area contributed by atoms with Crippen molar-refractivity contribution in [2.75, 3.05) is 18.9 Å². The summed E-state index contributed by atoms with van der Waals surface area (Å²) in [4.78, 5) is 23.6. The Morgan fingerprint density at radius 1 is 1.24 bits per heavy atom. The van der Waals surface area contributed by atoms with E-state index in [9.17, 15) is 22.8 Å². The van der Waals surface area contributed by atoms with Gasteiger partial charge >= 0.3 is 18.2 Å². The number of halogens is 3. The van der Waals surface area contributed by atoms with E-state index in [0.717, 1.165) is 10.7 Å². The van der Waals surface area contributed by atoms with Crippen LogP contribution >= 0.6 is 0 Å². The number of carboxylic acid groups (broad SMARTS) is 1. The van der Waals surface area contributed by atoms with Crippen LogP contribution in [0.15, 0.2) is 36.5 Å². The first-order valence-electron chi connectivity index (χ1n) is 7.14. The van der Waals surface area contributed by atoms with Crippen LogP contribution in [-0.2, 0) is 11.0 Å². The predicted molar refractivity (Wildman–Crippen MR) is 82.5 cm³/mol.